The van der Waals surface area contributed by atoms with Crippen molar-refractivity contribution in [2.45, 2.75) is 0 Å². The number of hydrogen-bond donors (Lipinski definition) is 1. The molecular formula is C10H8BrNO2S. The fraction of sp³-hybridized carbons (Fsp3) is 0.100. The lowest BCUT2D eigenvalue weighted by Crippen LogP contribution is -1.96. The molecule has 1 heterocycles. The van der Waals surface area contributed by atoms with Gasteiger partial charge in [-0.25, -0.2) is 4.79 Å². The Morgan fingerprint density at radius 2 is 2.20 bits per heavy atom. The van der Waals surface area contributed by atoms with Crippen LogP contribution in [0.25, 0.3) is 10.1 Å². The van der Waals surface area contributed by atoms with Crippen LogP contribution in [0.1, 0.15) is 9.67 Å². The summed E-state index contributed by atoms with van der Waals surface area (Å²) >= 11 is 4.74. The third kappa shape index (κ3) is 1.85. The summed E-state index contributed by atoms with van der Waals surface area (Å²) in [5, 5.41) is 0.959. The van der Waals surface area contributed by atoms with Gasteiger partial charge in [0.1, 0.15) is 4.88 Å². The molecule has 0 spiro atoms. The minimum absolute atomic E-state index is 0.314. The molecule has 0 radical (unpaired) electrons. The Balaban J connectivity index is 2.61. The molecule has 2 rings (SSSR count). The van der Waals surface area contributed by atoms with Gasteiger partial charge in [-0.3, -0.25) is 0 Å². The number of carbonyl (C=O) groups excluding carboxylic acids is 1. The molecule has 0 saturated carbocycles. The molecule has 0 bridgehead atoms. The van der Waals surface area contributed by atoms with Gasteiger partial charge < -0.3 is 10.5 Å². The van der Waals surface area contributed by atoms with E-state index in [1.165, 1.54) is 18.4 Å². The maximum Gasteiger partial charge on any atom is 0.348 e. The van der Waals surface area contributed by atoms with Crippen molar-refractivity contribution in [2.24, 2.45) is 0 Å². The highest BCUT2D eigenvalue weighted by atomic mass is 79.9. The number of nitrogens with two attached hydrogens (primary N) is 1. The zero-order chi connectivity index (χ0) is 11.0. The average molecular weight is 286 g/mol. The molecule has 15 heavy (non-hydrogen) atoms. The van der Waals surface area contributed by atoms with E-state index >= 15 is 0 Å². The van der Waals surface area contributed by atoms with Gasteiger partial charge in [0.2, 0.25) is 0 Å². The first-order valence-corrected chi connectivity index (χ1v) is 5.79. The lowest BCUT2D eigenvalue weighted by molar-refractivity contribution is 0.0606. The Bertz CT molecular complexity index is 496. The first-order valence-electron chi connectivity index (χ1n) is 4.18. The van der Waals surface area contributed by atoms with Gasteiger partial charge in [-0.15, -0.1) is 11.3 Å². The van der Waals surface area contributed by atoms with Crippen LogP contribution in [0.5, 0.6) is 0 Å². The molecular weight excluding hydrogens is 278 g/mol. The van der Waals surface area contributed by atoms with Gasteiger partial charge in [0.25, 0.3) is 0 Å². The van der Waals surface area contributed by atoms with Crippen LogP contribution in [-0.2, 0) is 4.74 Å². The number of halogens is 1. The summed E-state index contributed by atoms with van der Waals surface area (Å²) in [7, 11) is 1.37. The Labute approximate surface area is 99.0 Å². The maximum absolute atomic E-state index is 11.3. The highest BCUT2D eigenvalue weighted by molar-refractivity contribution is 9.10. The van der Waals surface area contributed by atoms with E-state index in [9.17, 15) is 4.79 Å². The van der Waals surface area contributed by atoms with Crippen molar-refractivity contribution in [3.63, 3.8) is 0 Å². The SMILES string of the molecule is COC(=O)c1cc2cc(N)c(Br)cc2s1. The number of benzene rings is 1. The Morgan fingerprint density at radius 3 is 2.87 bits per heavy atom. The molecule has 0 aliphatic heterocycles. The second-order valence-electron chi connectivity index (χ2n) is 3.01. The molecule has 0 atom stereocenters. The van der Waals surface area contributed by atoms with Crippen molar-refractivity contribution in [3.8, 4) is 0 Å². The summed E-state index contributed by atoms with van der Waals surface area (Å²) < 4.78 is 6.51. The Morgan fingerprint density at radius 1 is 1.47 bits per heavy atom. The molecule has 78 valence electrons. The van der Waals surface area contributed by atoms with Crippen LogP contribution in [0.4, 0.5) is 5.69 Å². The van der Waals surface area contributed by atoms with Crippen molar-refractivity contribution in [1.29, 1.82) is 0 Å². The van der Waals surface area contributed by atoms with Crippen molar-refractivity contribution >= 4 is 49.0 Å². The van der Waals surface area contributed by atoms with E-state index in [2.05, 4.69) is 20.7 Å². The van der Waals surface area contributed by atoms with Crippen LogP contribution in [0.3, 0.4) is 0 Å². The quantitative estimate of drug-likeness (QED) is 0.647. The molecule has 0 aliphatic carbocycles. The van der Waals surface area contributed by atoms with Crippen molar-refractivity contribution in [1.82, 2.24) is 0 Å². The van der Waals surface area contributed by atoms with Gasteiger partial charge in [0, 0.05) is 14.9 Å². The first-order chi connectivity index (χ1) is 7.11. The predicted molar refractivity (Wildman–Crippen MR) is 65.3 cm³/mol. The molecule has 0 amide bonds. The van der Waals surface area contributed by atoms with Crippen LogP contribution in [0.2, 0.25) is 0 Å². The standard InChI is InChI=1S/C10H8BrNO2S/c1-14-10(13)9-3-5-2-7(12)6(11)4-8(5)15-9/h2-4H,12H2,1H3. The summed E-state index contributed by atoms with van der Waals surface area (Å²) in [5.41, 5.74) is 6.41. The van der Waals surface area contributed by atoms with Crippen molar-refractivity contribution in [3.05, 3.63) is 27.5 Å². The van der Waals surface area contributed by atoms with E-state index in [0.29, 0.717) is 10.6 Å². The van der Waals surface area contributed by atoms with Gasteiger partial charge in [0.15, 0.2) is 0 Å². The molecule has 2 aromatic rings. The highest BCUT2D eigenvalue weighted by Gasteiger charge is 2.11. The molecule has 5 heteroatoms. The molecule has 2 N–H and O–H groups in total. The van der Waals surface area contributed by atoms with Gasteiger partial charge in [0.05, 0.1) is 7.11 Å². The Hall–Kier alpha value is -1.07. The average Bonchev–Trinajstić information content (AvgIpc) is 2.60. The van der Waals surface area contributed by atoms with Crippen molar-refractivity contribution < 1.29 is 9.53 Å². The van der Waals surface area contributed by atoms with Gasteiger partial charge in [-0.05, 0) is 39.5 Å². The van der Waals surface area contributed by atoms with Crippen LogP contribution < -0.4 is 5.73 Å². The second-order valence-corrected chi connectivity index (χ2v) is 4.95. The number of fused-ring (bicyclic) bond motifs is 1. The lowest BCUT2D eigenvalue weighted by atomic mass is 10.2. The normalized spacial score (nSPS) is 10.5. The van der Waals surface area contributed by atoms with Crippen molar-refractivity contribution in [2.75, 3.05) is 12.8 Å². The Kier molecular flexibility index (Phi) is 2.67. The number of thiophene rings is 1. The fourth-order valence-electron chi connectivity index (χ4n) is 1.28. The van der Waals surface area contributed by atoms with Crippen LogP contribution in [-0.4, -0.2) is 13.1 Å². The molecule has 0 fully saturated rings. The maximum atomic E-state index is 11.3. The van der Waals surface area contributed by atoms with E-state index in [1.54, 1.807) is 6.07 Å². The van der Waals surface area contributed by atoms with E-state index < -0.39 is 0 Å². The summed E-state index contributed by atoms with van der Waals surface area (Å²) in [5.74, 6) is -0.314. The molecule has 3 nitrogen and oxygen atoms in total. The topological polar surface area (TPSA) is 52.3 Å². The molecule has 1 aromatic carbocycles. The van der Waals surface area contributed by atoms with Gasteiger partial charge in [-0.2, -0.15) is 0 Å². The van der Waals surface area contributed by atoms with Gasteiger partial charge >= 0.3 is 5.97 Å². The first kappa shape index (κ1) is 10.4. The monoisotopic (exact) mass is 285 g/mol. The number of hydrogen-bond acceptors (Lipinski definition) is 4. The lowest BCUT2D eigenvalue weighted by Gasteiger charge is -1.96. The number of nitrogen functional groups attached to an aromatic ring is 1. The smallest absolute Gasteiger partial charge is 0.348 e. The molecule has 0 saturated heterocycles. The number of anilines is 1. The third-order valence-electron chi connectivity index (χ3n) is 2.02. The number of rotatable bonds is 1. The second kappa shape index (κ2) is 3.83. The summed E-state index contributed by atoms with van der Waals surface area (Å²) in [6.07, 6.45) is 0. The summed E-state index contributed by atoms with van der Waals surface area (Å²) in [6, 6.07) is 5.53. The zero-order valence-corrected chi connectivity index (χ0v) is 10.3. The number of ether oxygens (including phenoxy) is 1. The highest BCUT2D eigenvalue weighted by Crippen LogP contribution is 2.32. The van der Waals surface area contributed by atoms with Crippen LogP contribution in [0.15, 0.2) is 22.7 Å². The van der Waals surface area contributed by atoms with Crippen LogP contribution >= 0.6 is 27.3 Å². The predicted octanol–water partition coefficient (Wildman–Crippen LogP) is 3.03. The fourth-order valence-corrected chi connectivity index (χ4v) is 2.78. The molecule has 0 aliphatic rings. The summed E-state index contributed by atoms with van der Waals surface area (Å²) in [6.45, 7) is 0. The van der Waals surface area contributed by atoms with E-state index in [0.717, 1.165) is 14.6 Å². The molecule has 1 aromatic heterocycles. The molecule has 0 unspecified atom stereocenters. The minimum Gasteiger partial charge on any atom is -0.465 e. The van der Waals surface area contributed by atoms with E-state index in [4.69, 9.17) is 5.73 Å². The van der Waals surface area contributed by atoms with Crippen LogP contribution in [0, 0.1) is 0 Å². The number of carbonyl (C=O) groups is 1. The van der Waals surface area contributed by atoms with E-state index in [-0.39, 0.29) is 5.97 Å². The number of methoxy groups -OCH3 is 1. The largest absolute Gasteiger partial charge is 0.465 e. The number of esters is 1. The van der Waals surface area contributed by atoms with Gasteiger partial charge in [-0.1, -0.05) is 0 Å². The summed E-state index contributed by atoms with van der Waals surface area (Å²) in [4.78, 5) is 11.9. The van der Waals surface area contributed by atoms with E-state index in [1.807, 2.05) is 12.1 Å². The zero-order valence-electron chi connectivity index (χ0n) is 7.91. The minimum atomic E-state index is -0.314. The third-order valence-corrected chi connectivity index (χ3v) is 3.79.